The maximum Gasteiger partial charge on any atom is 0.265 e. The molecule has 0 aliphatic carbocycles. The molecule has 2 rings (SSSR count). The van der Waals surface area contributed by atoms with E-state index in [1.54, 1.807) is 55.3 Å². The number of nitrogens with two attached hydrogens (primary N) is 1. The predicted octanol–water partition coefficient (Wildman–Crippen LogP) is 1.32. The Bertz CT molecular complexity index is 720. The molecule has 0 saturated carbocycles. The minimum Gasteiger partial charge on any atom is -0.497 e. The largest absolute Gasteiger partial charge is 0.497 e. The molecule has 2 N–H and O–H groups in total. The Balaban J connectivity index is 2.36. The van der Waals surface area contributed by atoms with Crippen molar-refractivity contribution in [2.45, 2.75) is 11.4 Å². The van der Waals surface area contributed by atoms with E-state index in [0.717, 1.165) is 5.69 Å². The summed E-state index contributed by atoms with van der Waals surface area (Å²) in [6, 6.07) is 8.43. The first-order valence-corrected chi connectivity index (χ1v) is 7.82. The van der Waals surface area contributed by atoms with E-state index in [-0.39, 0.29) is 11.4 Å². The van der Waals surface area contributed by atoms with Gasteiger partial charge in [0.1, 0.15) is 10.6 Å². The fraction of sp³-hybridized carbons (Fsp3) is 0.286. The van der Waals surface area contributed by atoms with Crippen molar-refractivity contribution in [3.8, 4) is 5.75 Å². The highest BCUT2D eigenvalue weighted by molar-refractivity contribution is 7.92. The number of hydrogen-bond donors (Lipinski definition) is 1. The molecule has 7 heteroatoms. The molecular formula is C14H19N3O3S. The quantitative estimate of drug-likeness (QED) is 0.903. The number of aromatic nitrogens is 1. The average Bonchev–Trinajstić information content (AvgIpc) is 2.88. The van der Waals surface area contributed by atoms with Crippen molar-refractivity contribution in [2.24, 2.45) is 12.8 Å². The van der Waals surface area contributed by atoms with Gasteiger partial charge in [0.05, 0.1) is 12.8 Å². The van der Waals surface area contributed by atoms with E-state index in [9.17, 15) is 8.42 Å². The zero-order valence-electron chi connectivity index (χ0n) is 12.3. The summed E-state index contributed by atoms with van der Waals surface area (Å²) in [5.41, 5.74) is 6.91. The molecule has 1 heterocycles. The Hall–Kier alpha value is -1.99. The van der Waals surface area contributed by atoms with Crippen LogP contribution in [0.5, 0.6) is 5.75 Å². The standard InChI is InChI=1S/C14H19N3O3S/c1-16-10-14(8-12(16)9-15)21(18,19)17(2)11-4-6-13(20-3)7-5-11/h4-8,10H,9,15H2,1-3H3. The van der Waals surface area contributed by atoms with Gasteiger partial charge in [0.2, 0.25) is 0 Å². The fourth-order valence-electron chi connectivity index (χ4n) is 2.01. The lowest BCUT2D eigenvalue weighted by molar-refractivity contribution is 0.415. The lowest BCUT2D eigenvalue weighted by atomic mass is 10.3. The first-order chi connectivity index (χ1) is 9.90. The molecule has 1 aromatic heterocycles. The molecule has 0 radical (unpaired) electrons. The van der Waals surface area contributed by atoms with E-state index in [0.29, 0.717) is 11.4 Å². The summed E-state index contributed by atoms with van der Waals surface area (Å²) in [4.78, 5) is 0.226. The van der Waals surface area contributed by atoms with Crippen LogP contribution < -0.4 is 14.8 Å². The number of aryl methyl sites for hydroxylation is 1. The van der Waals surface area contributed by atoms with Gasteiger partial charge in [-0.25, -0.2) is 8.42 Å². The third-order valence-corrected chi connectivity index (χ3v) is 5.14. The maximum atomic E-state index is 12.6. The number of rotatable bonds is 5. The van der Waals surface area contributed by atoms with E-state index in [1.807, 2.05) is 0 Å². The number of methoxy groups -OCH3 is 1. The van der Waals surface area contributed by atoms with Crippen LogP contribution in [0.2, 0.25) is 0 Å². The van der Waals surface area contributed by atoms with Crippen LogP contribution in [0.1, 0.15) is 5.69 Å². The van der Waals surface area contributed by atoms with Crippen LogP contribution in [0, 0.1) is 0 Å². The number of nitrogens with zero attached hydrogens (tertiary/aromatic N) is 2. The van der Waals surface area contributed by atoms with Crippen molar-refractivity contribution in [2.75, 3.05) is 18.5 Å². The minimum absolute atomic E-state index is 0.226. The second kappa shape index (κ2) is 5.79. The average molecular weight is 309 g/mol. The molecule has 0 atom stereocenters. The summed E-state index contributed by atoms with van der Waals surface area (Å²) in [6.07, 6.45) is 1.57. The summed E-state index contributed by atoms with van der Waals surface area (Å²) < 4.78 is 33.2. The first kappa shape index (κ1) is 15.4. The second-order valence-corrected chi connectivity index (χ2v) is 6.62. The van der Waals surface area contributed by atoms with Crippen LogP contribution in [0.15, 0.2) is 41.4 Å². The smallest absolute Gasteiger partial charge is 0.265 e. The van der Waals surface area contributed by atoms with Gasteiger partial charge in [-0.15, -0.1) is 0 Å². The normalized spacial score (nSPS) is 11.4. The Morgan fingerprint density at radius 3 is 2.38 bits per heavy atom. The van der Waals surface area contributed by atoms with Crippen molar-refractivity contribution in [1.82, 2.24) is 4.57 Å². The maximum absolute atomic E-state index is 12.6. The van der Waals surface area contributed by atoms with Gasteiger partial charge >= 0.3 is 0 Å². The van der Waals surface area contributed by atoms with E-state index in [1.165, 1.54) is 11.4 Å². The Morgan fingerprint density at radius 2 is 1.90 bits per heavy atom. The van der Waals surface area contributed by atoms with Gasteiger partial charge in [0.25, 0.3) is 10.0 Å². The topological polar surface area (TPSA) is 77.6 Å². The van der Waals surface area contributed by atoms with Crippen LogP contribution >= 0.6 is 0 Å². The molecule has 0 aliphatic heterocycles. The summed E-state index contributed by atoms with van der Waals surface area (Å²) in [5.74, 6) is 0.676. The minimum atomic E-state index is -3.61. The van der Waals surface area contributed by atoms with Crippen molar-refractivity contribution >= 4 is 15.7 Å². The van der Waals surface area contributed by atoms with Crippen molar-refractivity contribution in [3.63, 3.8) is 0 Å². The van der Waals surface area contributed by atoms with Crippen molar-refractivity contribution in [3.05, 3.63) is 42.2 Å². The fourth-order valence-corrected chi connectivity index (χ4v) is 3.30. The van der Waals surface area contributed by atoms with E-state index in [2.05, 4.69) is 0 Å². The molecule has 0 aliphatic rings. The molecule has 0 unspecified atom stereocenters. The van der Waals surface area contributed by atoms with E-state index < -0.39 is 10.0 Å². The Morgan fingerprint density at radius 1 is 1.29 bits per heavy atom. The number of hydrogen-bond acceptors (Lipinski definition) is 4. The third kappa shape index (κ3) is 2.88. The van der Waals surface area contributed by atoms with Crippen LogP contribution in [-0.4, -0.2) is 27.1 Å². The van der Waals surface area contributed by atoms with Crippen LogP contribution in [0.3, 0.4) is 0 Å². The number of benzene rings is 1. The second-order valence-electron chi connectivity index (χ2n) is 4.65. The summed E-state index contributed by atoms with van der Waals surface area (Å²) in [5, 5.41) is 0. The molecule has 0 fully saturated rings. The molecule has 0 spiro atoms. The van der Waals surface area contributed by atoms with Crippen LogP contribution in [0.25, 0.3) is 0 Å². The Labute approximate surface area is 124 Å². The zero-order chi connectivity index (χ0) is 15.6. The zero-order valence-corrected chi connectivity index (χ0v) is 13.1. The van der Waals surface area contributed by atoms with Gasteiger partial charge in [-0.3, -0.25) is 4.31 Å². The van der Waals surface area contributed by atoms with Gasteiger partial charge in [-0.05, 0) is 30.3 Å². The molecule has 0 saturated heterocycles. The third-order valence-electron chi connectivity index (χ3n) is 3.39. The lowest BCUT2D eigenvalue weighted by Crippen LogP contribution is -2.26. The summed E-state index contributed by atoms with van der Waals surface area (Å²) in [7, 11) is 1.25. The highest BCUT2D eigenvalue weighted by atomic mass is 32.2. The van der Waals surface area contributed by atoms with Gasteiger partial charge in [-0.1, -0.05) is 0 Å². The molecule has 1 aromatic carbocycles. The number of anilines is 1. The van der Waals surface area contributed by atoms with Crippen LogP contribution in [-0.2, 0) is 23.6 Å². The van der Waals surface area contributed by atoms with Crippen molar-refractivity contribution in [1.29, 1.82) is 0 Å². The highest BCUT2D eigenvalue weighted by Crippen LogP contribution is 2.25. The summed E-state index contributed by atoms with van der Waals surface area (Å²) >= 11 is 0. The van der Waals surface area contributed by atoms with Gasteiger partial charge in [0.15, 0.2) is 0 Å². The first-order valence-electron chi connectivity index (χ1n) is 6.38. The highest BCUT2D eigenvalue weighted by Gasteiger charge is 2.23. The van der Waals surface area contributed by atoms with Gasteiger partial charge < -0.3 is 15.0 Å². The SMILES string of the molecule is COc1ccc(N(C)S(=O)(=O)c2cc(CN)n(C)c2)cc1. The molecule has 2 aromatic rings. The van der Waals surface area contributed by atoms with Gasteiger partial charge in [-0.2, -0.15) is 0 Å². The van der Waals surface area contributed by atoms with Crippen LogP contribution in [0.4, 0.5) is 5.69 Å². The molecular weight excluding hydrogens is 290 g/mol. The number of sulfonamides is 1. The van der Waals surface area contributed by atoms with Gasteiger partial charge in [0, 0.05) is 32.5 Å². The molecule has 21 heavy (non-hydrogen) atoms. The molecule has 0 amide bonds. The predicted molar refractivity (Wildman–Crippen MR) is 81.9 cm³/mol. The monoisotopic (exact) mass is 309 g/mol. The summed E-state index contributed by atoms with van der Waals surface area (Å²) in [6.45, 7) is 0.290. The van der Waals surface area contributed by atoms with E-state index >= 15 is 0 Å². The van der Waals surface area contributed by atoms with Crippen molar-refractivity contribution < 1.29 is 13.2 Å². The molecule has 114 valence electrons. The molecule has 6 nitrogen and oxygen atoms in total. The number of ether oxygens (including phenoxy) is 1. The molecule has 0 bridgehead atoms. The lowest BCUT2D eigenvalue weighted by Gasteiger charge is -2.18. The van der Waals surface area contributed by atoms with E-state index in [4.69, 9.17) is 10.5 Å². The Kier molecular flexibility index (Phi) is 4.24.